The number of anilines is 3. The third kappa shape index (κ3) is 2.58. The van der Waals surface area contributed by atoms with Gasteiger partial charge in [-0.3, -0.25) is 4.79 Å². The Hall–Kier alpha value is -1.75. The van der Waals surface area contributed by atoms with Gasteiger partial charge in [0.2, 0.25) is 5.91 Å². The first kappa shape index (κ1) is 13.2. The molecule has 1 amide bonds. The molecule has 20 heavy (non-hydrogen) atoms. The van der Waals surface area contributed by atoms with E-state index in [1.807, 2.05) is 6.07 Å². The van der Waals surface area contributed by atoms with E-state index in [1.54, 1.807) is 0 Å². The van der Waals surface area contributed by atoms with Crippen molar-refractivity contribution in [2.75, 3.05) is 29.6 Å². The fourth-order valence-electron chi connectivity index (χ4n) is 2.88. The van der Waals surface area contributed by atoms with Crippen LogP contribution in [0.2, 0.25) is 0 Å². The van der Waals surface area contributed by atoms with Gasteiger partial charge in [0, 0.05) is 30.7 Å². The molecule has 2 heterocycles. The van der Waals surface area contributed by atoms with Crippen LogP contribution < -0.4 is 16.4 Å². The lowest BCUT2D eigenvalue weighted by Crippen LogP contribution is -2.27. The third-order valence-corrected chi connectivity index (χ3v) is 4.23. The van der Waals surface area contributed by atoms with Crippen LogP contribution in [0, 0.1) is 5.92 Å². The number of amides is 1. The van der Waals surface area contributed by atoms with Crippen molar-refractivity contribution in [3.8, 4) is 0 Å². The molecule has 1 aromatic carbocycles. The van der Waals surface area contributed by atoms with Gasteiger partial charge in [-0.15, -0.1) is 0 Å². The predicted molar refractivity (Wildman–Crippen MR) is 79.8 cm³/mol. The summed E-state index contributed by atoms with van der Waals surface area (Å²) >= 11 is 0. The molecule has 1 fully saturated rings. The average Bonchev–Trinajstić information content (AvgIpc) is 2.94. The second-order valence-electron chi connectivity index (χ2n) is 5.70. The minimum Gasteiger partial charge on any atom is -0.397 e. The maximum atomic E-state index is 11.4. The van der Waals surface area contributed by atoms with Crippen LogP contribution in [-0.2, 0) is 16.0 Å². The van der Waals surface area contributed by atoms with Gasteiger partial charge in [-0.2, -0.15) is 0 Å². The molecule has 0 saturated carbocycles. The topological polar surface area (TPSA) is 76.4 Å². The standard InChI is InChI=1S/C15H21N3O2/c1-9(11-4-5-20-8-11)17-14-6-10-2-3-15(19)18-13(10)7-12(14)16/h6-7,9,11,17H,2-5,8,16H2,1H3,(H,18,19). The van der Waals surface area contributed by atoms with E-state index in [0.29, 0.717) is 24.1 Å². The number of nitrogens with one attached hydrogen (secondary N) is 2. The van der Waals surface area contributed by atoms with Gasteiger partial charge in [0.15, 0.2) is 0 Å². The van der Waals surface area contributed by atoms with Crippen LogP contribution in [-0.4, -0.2) is 25.2 Å². The normalized spacial score (nSPS) is 23.1. The number of hydrogen-bond acceptors (Lipinski definition) is 4. The molecule has 1 aromatic rings. The minimum absolute atomic E-state index is 0.0640. The average molecular weight is 275 g/mol. The van der Waals surface area contributed by atoms with Gasteiger partial charge in [-0.05, 0) is 37.5 Å². The van der Waals surface area contributed by atoms with Crippen LogP contribution in [0.5, 0.6) is 0 Å². The molecule has 1 saturated heterocycles. The quantitative estimate of drug-likeness (QED) is 0.737. The van der Waals surface area contributed by atoms with E-state index >= 15 is 0 Å². The van der Waals surface area contributed by atoms with Crippen molar-refractivity contribution in [2.24, 2.45) is 5.92 Å². The highest BCUT2D eigenvalue weighted by Crippen LogP contribution is 2.32. The lowest BCUT2D eigenvalue weighted by Gasteiger charge is -2.24. The molecule has 0 aliphatic carbocycles. The summed E-state index contributed by atoms with van der Waals surface area (Å²) in [5.41, 5.74) is 9.72. The molecule has 2 atom stereocenters. The number of ether oxygens (including phenoxy) is 1. The number of nitrogen functional groups attached to an aromatic ring is 1. The summed E-state index contributed by atoms with van der Waals surface area (Å²) < 4.78 is 5.43. The van der Waals surface area contributed by atoms with E-state index in [2.05, 4.69) is 23.6 Å². The molecule has 5 nitrogen and oxygen atoms in total. The first-order valence-corrected chi connectivity index (χ1v) is 7.20. The molecule has 0 spiro atoms. The lowest BCUT2D eigenvalue weighted by atomic mass is 9.98. The summed E-state index contributed by atoms with van der Waals surface area (Å²) in [6.07, 6.45) is 2.41. The van der Waals surface area contributed by atoms with Crippen molar-refractivity contribution < 1.29 is 9.53 Å². The maximum Gasteiger partial charge on any atom is 0.224 e. The number of benzene rings is 1. The van der Waals surface area contributed by atoms with Crippen LogP contribution in [0.25, 0.3) is 0 Å². The van der Waals surface area contributed by atoms with Crippen molar-refractivity contribution in [1.29, 1.82) is 0 Å². The van der Waals surface area contributed by atoms with Crippen molar-refractivity contribution in [3.05, 3.63) is 17.7 Å². The van der Waals surface area contributed by atoms with Gasteiger partial charge in [0.25, 0.3) is 0 Å². The zero-order chi connectivity index (χ0) is 14.1. The van der Waals surface area contributed by atoms with Gasteiger partial charge in [-0.1, -0.05) is 0 Å². The maximum absolute atomic E-state index is 11.4. The fourth-order valence-corrected chi connectivity index (χ4v) is 2.88. The summed E-state index contributed by atoms with van der Waals surface area (Å²) in [5.74, 6) is 0.596. The number of carbonyl (C=O) groups excluding carboxylic acids is 1. The van der Waals surface area contributed by atoms with Gasteiger partial charge >= 0.3 is 0 Å². The molecule has 2 unspecified atom stereocenters. The van der Waals surface area contributed by atoms with E-state index in [9.17, 15) is 4.79 Å². The molecule has 3 rings (SSSR count). The van der Waals surface area contributed by atoms with Gasteiger partial charge in [0.05, 0.1) is 18.0 Å². The molecule has 0 radical (unpaired) electrons. The Labute approximate surface area is 118 Å². The SMILES string of the molecule is CC(Nc1cc2c(cc1N)NC(=O)CC2)C1CCOC1. The van der Waals surface area contributed by atoms with Crippen molar-refractivity contribution >= 4 is 23.0 Å². The summed E-state index contributed by atoms with van der Waals surface area (Å²) in [6, 6.07) is 4.25. The molecular weight excluding hydrogens is 254 g/mol. The largest absolute Gasteiger partial charge is 0.397 e. The van der Waals surface area contributed by atoms with Crippen molar-refractivity contribution in [2.45, 2.75) is 32.2 Å². The van der Waals surface area contributed by atoms with E-state index in [-0.39, 0.29) is 5.91 Å². The number of aryl methyl sites for hydroxylation is 1. The zero-order valence-electron chi connectivity index (χ0n) is 11.7. The monoisotopic (exact) mass is 275 g/mol. The zero-order valence-corrected chi connectivity index (χ0v) is 11.7. The summed E-state index contributed by atoms with van der Waals surface area (Å²) in [7, 11) is 0. The molecular formula is C15H21N3O2. The lowest BCUT2D eigenvalue weighted by molar-refractivity contribution is -0.116. The molecule has 0 aromatic heterocycles. The smallest absolute Gasteiger partial charge is 0.224 e. The van der Waals surface area contributed by atoms with E-state index in [1.165, 1.54) is 0 Å². The summed E-state index contributed by atoms with van der Waals surface area (Å²) in [4.78, 5) is 11.4. The Morgan fingerprint density at radius 2 is 2.30 bits per heavy atom. The summed E-state index contributed by atoms with van der Waals surface area (Å²) in [5, 5.41) is 6.37. The fraction of sp³-hybridized carbons (Fsp3) is 0.533. The first-order valence-electron chi connectivity index (χ1n) is 7.20. The molecule has 0 bridgehead atoms. The molecule has 2 aliphatic rings. The number of carbonyl (C=O) groups is 1. The van der Waals surface area contributed by atoms with Crippen LogP contribution in [0.3, 0.4) is 0 Å². The van der Waals surface area contributed by atoms with Crippen LogP contribution in [0.15, 0.2) is 12.1 Å². The second-order valence-corrected chi connectivity index (χ2v) is 5.70. The van der Waals surface area contributed by atoms with Crippen LogP contribution in [0.4, 0.5) is 17.1 Å². The van der Waals surface area contributed by atoms with Gasteiger partial charge < -0.3 is 21.1 Å². The Morgan fingerprint density at radius 3 is 3.05 bits per heavy atom. The second kappa shape index (κ2) is 5.32. The number of rotatable bonds is 3. The summed E-state index contributed by atoms with van der Waals surface area (Å²) in [6.45, 7) is 3.83. The predicted octanol–water partition coefficient (Wildman–Crippen LogP) is 1.99. The van der Waals surface area contributed by atoms with Crippen molar-refractivity contribution in [3.63, 3.8) is 0 Å². The van der Waals surface area contributed by atoms with E-state index in [4.69, 9.17) is 10.5 Å². The van der Waals surface area contributed by atoms with Crippen LogP contribution in [0.1, 0.15) is 25.3 Å². The molecule has 2 aliphatic heterocycles. The Bertz CT molecular complexity index is 524. The third-order valence-electron chi connectivity index (χ3n) is 4.23. The van der Waals surface area contributed by atoms with Crippen LogP contribution >= 0.6 is 0 Å². The Morgan fingerprint density at radius 1 is 1.45 bits per heavy atom. The van der Waals surface area contributed by atoms with Gasteiger partial charge in [-0.25, -0.2) is 0 Å². The number of nitrogens with two attached hydrogens (primary N) is 1. The highest BCUT2D eigenvalue weighted by molar-refractivity contribution is 5.95. The van der Waals surface area contributed by atoms with Crippen molar-refractivity contribution in [1.82, 2.24) is 0 Å². The number of fused-ring (bicyclic) bond motifs is 1. The number of hydrogen-bond donors (Lipinski definition) is 3. The minimum atomic E-state index is 0.0640. The highest BCUT2D eigenvalue weighted by atomic mass is 16.5. The van der Waals surface area contributed by atoms with E-state index in [0.717, 1.165) is 43.0 Å². The highest BCUT2D eigenvalue weighted by Gasteiger charge is 2.23. The van der Waals surface area contributed by atoms with E-state index < -0.39 is 0 Å². The Kier molecular flexibility index (Phi) is 3.53. The molecule has 4 N–H and O–H groups in total. The Balaban J connectivity index is 1.78. The van der Waals surface area contributed by atoms with Gasteiger partial charge in [0.1, 0.15) is 0 Å². The molecule has 5 heteroatoms. The molecule has 108 valence electrons. The first-order chi connectivity index (χ1) is 9.63.